The third-order valence-electron chi connectivity index (χ3n) is 3.27. The van der Waals surface area contributed by atoms with Gasteiger partial charge in [-0.1, -0.05) is 19.1 Å². The van der Waals surface area contributed by atoms with Crippen molar-refractivity contribution in [2.24, 2.45) is 5.73 Å². The highest BCUT2D eigenvalue weighted by Gasteiger charge is 2.21. The van der Waals surface area contributed by atoms with E-state index < -0.39 is 5.91 Å². The van der Waals surface area contributed by atoms with Crippen molar-refractivity contribution in [1.29, 1.82) is 0 Å². The van der Waals surface area contributed by atoms with Crippen LogP contribution in [0.4, 0.5) is 4.39 Å². The normalized spacial score (nSPS) is 12.0. The Kier molecular flexibility index (Phi) is 4.52. The Bertz CT molecular complexity index is 641. The molecule has 0 bridgehead atoms. The summed E-state index contributed by atoms with van der Waals surface area (Å²) in [6.45, 7) is 4.14. The Morgan fingerprint density at radius 2 is 2.00 bits per heavy atom. The van der Waals surface area contributed by atoms with E-state index in [1.54, 1.807) is 24.4 Å². The number of nitrogens with zero attached hydrogens (tertiary/aromatic N) is 1. The second kappa shape index (κ2) is 6.35. The second-order valence-electron chi connectivity index (χ2n) is 4.64. The van der Waals surface area contributed by atoms with E-state index in [9.17, 15) is 9.18 Å². The number of primary amides is 1. The molecule has 1 amide bonds. The van der Waals surface area contributed by atoms with Crippen LogP contribution in [0.25, 0.3) is 0 Å². The maximum absolute atomic E-state index is 13.0. The number of amides is 1. The van der Waals surface area contributed by atoms with Crippen LogP contribution in [-0.4, -0.2) is 17.5 Å². The van der Waals surface area contributed by atoms with Crippen LogP contribution in [0.1, 0.15) is 41.4 Å². The average molecular weight is 288 g/mol. The largest absolute Gasteiger partial charge is 0.493 e. The fraction of sp³-hybridized carbons (Fsp3) is 0.250. The van der Waals surface area contributed by atoms with Gasteiger partial charge in [-0.25, -0.2) is 4.39 Å². The highest BCUT2D eigenvalue weighted by molar-refractivity contribution is 5.97. The molecule has 2 aromatic rings. The van der Waals surface area contributed by atoms with Crippen LogP contribution in [0.3, 0.4) is 0 Å². The summed E-state index contributed by atoms with van der Waals surface area (Å²) in [5.74, 6) is -0.676. The zero-order valence-corrected chi connectivity index (χ0v) is 12.0. The number of carbonyl (C=O) groups excluding carboxylic acids is 1. The van der Waals surface area contributed by atoms with Crippen molar-refractivity contribution in [1.82, 2.24) is 4.98 Å². The van der Waals surface area contributed by atoms with Crippen molar-refractivity contribution in [3.05, 3.63) is 59.2 Å². The Hall–Kier alpha value is -2.43. The molecule has 0 aliphatic rings. The molecule has 0 radical (unpaired) electrons. The Balaban J connectivity index is 2.49. The molecule has 0 saturated heterocycles. The lowest BCUT2D eigenvalue weighted by atomic mass is 9.93. The van der Waals surface area contributed by atoms with Crippen LogP contribution >= 0.6 is 0 Å². The Labute approximate surface area is 122 Å². The first-order valence-corrected chi connectivity index (χ1v) is 6.71. The van der Waals surface area contributed by atoms with E-state index in [1.165, 1.54) is 12.1 Å². The lowest BCUT2D eigenvalue weighted by Crippen LogP contribution is -2.18. The minimum absolute atomic E-state index is 0.200. The van der Waals surface area contributed by atoms with E-state index in [1.807, 2.05) is 13.8 Å². The third kappa shape index (κ3) is 3.18. The number of aromatic nitrogens is 1. The molecule has 0 unspecified atom stereocenters. The lowest BCUT2D eigenvalue weighted by molar-refractivity contribution is 0.0995. The van der Waals surface area contributed by atoms with Crippen LogP contribution in [0, 0.1) is 5.82 Å². The number of nitrogens with two attached hydrogens (primary N) is 1. The molecule has 1 heterocycles. The number of carbonyl (C=O) groups is 1. The summed E-state index contributed by atoms with van der Waals surface area (Å²) >= 11 is 0. The summed E-state index contributed by atoms with van der Waals surface area (Å²) in [7, 11) is 0. The Morgan fingerprint density at radius 1 is 1.33 bits per heavy atom. The van der Waals surface area contributed by atoms with E-state index in [0.29, 0.717) is 18.1 Å². The van der Waals surface area contributed by atoms with Gasteiger partial charge in [-0.05, 0) is 30.7 Å². The lowest BCUT2D eigenvalue weighted by Gasteiger charge is -2.17. The van der Waals surface area contributed by atoms with E-state index in [0.717, 1.165) is 5.56 Å². The molecular weight excluding hydrogens is 271 g/mol. The standard InChI is InChI=1S/C16H17FN2O2/c1-3-21-13-8-9-19-15(14(13)16(18)20)10(2)11-4-6-12(17)7-5-11/h4-10H,3H2,1-2H3,(H2,18,20)/t10-/m0/s1. The van der Waals surface area contributed by atoms with Gasteiger partial charge < -0.3 is 10.5 Å². The SMILES string of the molecule is CCOc1ccnc([C@@H](C)c2ccc(F)cc2)c1C(N)=O. The fourth-order valence-corrected chi connectivity index (χ4v) is 2.22. The average Bonchev–Trinajstić information content (AvgIpc) is 2.47. The van der Waals surface area contributed by atoms with E-state index in [-0.39, 0.29) is 17.3 Å². The number of hydrogen-bond donors (Lipinski definition) is 1. The first-order chi connectivity index (χ1) is 10.0. The van der Waals surface area contributed by atoms with Gasteiger partial charge in [-0.15, -0.1) is 0 Å². The van der Waals surface area contributed by atoms with Gasteiger partial charge in [-0.2, -0.15) is 0 Å². The van der Waals surface area contributed by atoms with Crippen LogP contribution in [0.5, 0.6) is 5.75 Å². The van der Waals surface area contributed by atoms with E-state index >= 15 is 0 Å². The van der Waals surface area contributed by atoms with Gasteiger partial charge in [0.2, 0.25) is 0 Å². The minimum atomic E-state index is -0.587. The zero-order chi connectivity index (χ0) is 15.4. The van der Waals surface area contributed by atoms with Crippen molar-refractivity contribution >= 4 is 5.91 Å². The molecule has 0 aliphatic heterocycles. The van der Waals surface area contributed by atoms with Gasteiger partial charge in [0.15, 0.2) is 0 Å². The molecule has 21 heavy (non-hydrogen) atoms. The molecule has 2 rings (SSSR count). The molecule has 4 nitrogen and oxygen atoms in total. The highest BCUT2D eigenvalue weighted by Crippen LogP contribution is 2.30. The topological polar surface area (TPSA) is 65.2 Å². The molecule has 0 fully saturated rings. The maximum atomic E-state index is 13.0. The summed E-state index contributed by atoms with van der Waals surface area (Å²) in [5, 5.41) is 0. The zero-order valence-electron chi connectivity index (χ0n) is 12.0. The quantitative estimate of drug-likeness (QED) is 0.920. The number of benzene rings is 1. The van der Waals surface area contributed by atoms with E-state index in [4.69, 9.17) is 10.5 Å². The smallest absolute Gasteiger partial charge is 0.254 e. The monoisotopic (exact) mass is 288 g/mol. The molecule has 1 aromatic heterocycles. The molecule has 0 aliphatic carbocycles. The second-order valence-corrected chi connectivity index (χ2v) is 4.64. The molecule has 1 atom stereocenters. The van der Waals surface area contributed by atoms with Gasteiger partial charge in [-0.3, -0.25) is 9.78 Å². The molecule has 5 heteroatoms. The maximum Gasteiger partial charge on any atom is 0.254 e. The van der Waals surface area contributed by atoms with Crippen molar-refractivity contribution in [2.45, 2.75) is 19.8 Å². The number of halogens is 1. The van der Waals surface area contributed by atoms with Crippen LogP contribution in [0.15, 0.2) is 36.5 Å². The summed E-state index contributed by atoms with van der Waals surface area (Å²) in [5.41, 5.74) is 7.12. The van der Waals surface area contributed by atoms with Crippen molar-refractivity contribution in [3.63, 3.8) is 0 Å². The third-order valence-corrected chi connectivity index (χ3v) is 3.27. The minimum Gasteiger partial charge on any atom is -0.493 e. The number of ether oxygens (including phenoxy) is 1. The summed E-state index contributed by atoms with van der Waals surface area (Å²) in [6.07, 6.45) is 1.58. The molecule has 1 aromatic carbocycles. The first kappa shape index (κ1) is 15.0. The van der Waals surface area contributed by atoms with Gasteiger partial charge in [0.05, 0.1) is 12.3 Å². The molecule has 110 valence electrons. The van der Waals surface area contributed by atoms with Crippen molar-refractivity contribution in [3.8, 4) is 5.75 Å². The Morgan fingerprint density at radius 3 is 2.57 bits per heavy atom. The van der Waals surface area contributed by atoms with Gasteiger partial charge >= 0.3 is 0 Å². The number of pyridine rings is 1. The fourth-order valence-electron chi connectivity index (χ4n) is 2.22. The summed E-state index contributed by atoms with van der Waals surface area (Å²) in [4.78, 5) is 16.0. The van der Waals surface area contributed by atoms with Crippen molar-refractivity contribution < 1.29 is 13.9 Å². The summed E-state index contributed by atoms with van der Waals surface area (Å²) < 4.78 is 18.5. The highest BCUT2D eigenvalue weighted by atomic mass is 19.1. The van der Waals surface area contributed by atoms with Crippen LogP contribution < -0.4 is 10.5 Å². The van der Waals surface area contributed by atoms with E-state index in [2.05, 4.69) is 4.98 Å². The number of hydrogen-bond acceptors (Lipinski definition) is 3. The number of rotatable bonds is 5. The molecule has 0 spiro atoms. The van der Waals surface area contributed by atoms with Gasteiger partial charge in [0, 0.05) is 12.1 Å². The predicted molar refractivity (Wildman–Crippen MR) is 77.8 cm³/mol. The summed E-state index contributed by atoms with van der Waals surface area (Å²) in [6, 6.07) is 7.70. The van der Waals surface area contributed by atoms with Gasteiger partial charge in [0.1, 0.15) is 17.1 Å². The van der Waals surface area contributed by atoms with Crippen LogP contribution in [-0.2, 0) is 0 Å². The van der Waals surface area contributed by atoms with Gasteiger partial charge in [0.25, 0.3) is 5.91 Å². The molecular formula is C16H17FN2O2. The van der Waals surface area contributed by atoms with Crippen LogP contribution in [0.2, 0.25) is 0 Å². The van der Waals surface area contributed by atoms with Crippen molar-refractivity contribution in [2.75, 3.05) is 6.61 Å². The predicted octanol–water partition coefficient (Wildman–Crippen LogP) is 2.87. The molecule has 2 N–H and O–H groups in total. The molecule has 0 saturated carbocycles. The first-order valence-electron chi connectivity index (χ1n) is 6.71.